The fraction of sp³-hybridized carbons (Fsp3) is 0.250. The van der Waals surface area contributed by atoms with E-state index in [9.17, 15) is 0 Å². The molecule has 1 N–H and O–H groups in total. The lowest BCUT2D eigenvalue weighted by molar-refractivity contribution is 1.22. The number of benzene rings is 1. The SMILES string of the molecule is ClCCNc1cc[c]cc1. The number of hydrogen-bond donors (Lipinski definition) is 1. The van der Waals surface area contributed by atoms with Gasteiger partial charge in [0, 0.05) is 18.1 Å². The molecule has 0 aromatic heterocycles. The van der Waals surface area contributed by atoms with Crippen molar-refractivity contribution in [1.82, 2.24) is 0 Å². The van der Waals surface area contributed by atoms with Gasteiger partial charge in [-0.05, 0) is 18.2 Å². The molecule has 0 aliphatic carbocycles. The van der Waals surface area contributed by atoms with Crippen molar-refractivity contribution in [3.8, 4) is 0 Å². The number of halogens is 1. The van der Waals surface area contributed by atoms with Gasteiger partial charge in [-0.2, -0.15) is 0 Å². The van der Waals surface area contributed by atoms with E-state index in [0.29, 0.717) is 5.88 Å². The lowest BCUT2D eigenvalue weighted by atomic mass is 10.3. The van der Waals surface area contributed by atoms with E-state index >= 15 is 0 Å². The minimum atomic E-state index is 0.638. The molecule has 0 bridgehead atoms. The van der Waals surface area contributed by atoms with Crippen LogP contribution in [0.15, 0.2) is 24.3 Å². The highest BCUT2D eigenvalue weighted by molar-refractivity contribution is 6.18. The fourth-order valence-corrected chi connectivity index (χ4v) is 0.791. The number of rotatable bonds is 3. The van der Waals surface area contributed by atoms with Crippen LogP contribution < -0.4 is 5.32 Å². The summed E-state index contributed by atoms with van der Waals surface area (Å²) in [5, 5.41) is 3.14. The Morgan fingerprint density at radius 2 is 2.10 bits per heavy atom. The molecule has 0 aliphatic heterocycles. The first-order chi connectivity index (χ1) is 4.93. The van der Waals surface area contributed by atoms with Crippen LogP contribution in [0.4, 0.5) is 5.69 Å². The second-order valence-corrected chi connectivity index (χ2v) is 2.28. The van der Waals surface area contributed by atoms with Crippen LogP contribution in [0.5, 0.6) is 0 Å². The molecule has 1 nitrogen and oxygen atoms in total. The number of alkyl halides is 1. The predicted octanol–water partition coefficient (Wildman–Crippen LogP) is 2.14. The molecule has 0 amide bonds. The summed E-state index contributed by atoms with van der Waals surface area (Å²) in [4.78, 5) is 0. The normalized spacial score (nSPS) is 9.30. The molecule has 10 heavy (non-hydrogen) atoms. The zero-order chi connectivity index (χ0) is 7.23. The van der Waals surface area contributed by atoms with Crippen LogP contribution in [0.1, 0.15) is 0 Å². The van der Waals surface area contributed by atoms with Crippen molar-refractivity contribution in [2.75, 3.05) is 17.7 Å². The summed E-state index contributed by atoms with van der Waals surface area (Å²) in [6.45, 7) is 0.811. The van der Waals surface area contributed by atoms with Gasteiger partial charge in [-0.3, -0.25) is 0 Å². The van der Waals surface area contributed by atoms with E-state index in [1.807, 2.05) is 24.3 Å². The first kappa shape index (κ1) is 7.42. The molecule has 1 rings (SSSR count). The Morgan fingerprint density at radius 3 is 2.70 bits per heavy atom. The molecule has 2 heteroatoms. The first-order valence-electron chi connectivity index (χ1n) is 3.19. The van der Waals surface area contributed by atoms with Gasteiger partial charge in [0.25, 0.3) is 0 Å². The van der Waals surface area contributed by atoms with Crippen molar-refractivity contribution in [3.63, 3.8) is 0 Å². The van der Waals surface area contributed by atoms with E-state index in [4.69, 9.17) is 11.6 Å². The minimum Gasteiger partial charge on any atom is -0.384 e. The lowest BCUT2D eigenvalue weighted by Gasteiger charge is -2.00. The molecule has 1 aromatic rings. The Labute approximate surface area is 66.0 Å². The zero-order valence-corrected chi connectivity index (χ0v) is 6.36. The smallest absolute Gasteiger partial charge is 0.0396 e. The number of hydrogen-bond acceptors (Lipinski definition) is 1. The van der Waals surface area contributed by atoms with E-state index in [1.54, 1.807) is 0 Å². The highest BCUT2D eigenvalue weighted by Gasteiger charge is 1.85. The molecule has 0 saturated heterocycles. The first-order valence-corrected chi connectivity index (χ1v) is 3.73. The summed E-state index contributed by atoms with van der Waals surface area (Å²) in [5.74, 6) is 0.638. The predicted molar refractivity (Wildman–Crippen MR) is 44.5 cm³/mol. The standard InChI is InChI=1S/C8H9ClN/c9-6-7-10-8-4-2-1-3-5-8/h2-5,10H,6-7H2. The Bertz CT molecular complexity index is 174. The molecule has 0 atom stereocenters. The zero-order valence-electron chi connectivity index (χ0n) is 5.60. The van der Waals surface area contributed by atoms with Gasteiger partial charge in [0.15, 0.2) is 0 Å². The van der Waals surface area contributed by atoms with Crippen LogP contribution in [0.25, 0.3) is 0 Å². The van der Waals surface area contributed by atoms with Crippen LogP contribution >= 0.6 is 11.6 Å². The third-order valence-corrected chi connectivity index (χ3v) is 1.33. The summed E-state index contributed by atoms with van der Waals surface area (Å²) in [6.07, 6.45) is 0. The fourth-order valence-electron chi connectivity index (χ4n) is 0.696. The maximum atomic E-state index is 5.48. The van der Waals surface area contributed by atoms with Crippen LogP contribution in [-0.4, -0.2) is 12.4 Å². The maximum absolute atomic E-state index is 5.48. The topological polar surface area (TPSA) is 12.0 Å². The monoisotopic (exact) mass is 154 g/mol. The van der Waals surface area contributed by atoms with Gasteiger partial charge in [-0.1, -0.05) is 12.1 Å². The van der Waals surface area contributed by atoms with Crippen LogP contribution in [-0.2, 0) is 0 Å². The molecule has 1 aromatic carbocycles. The second-order valence-electron chi connectivity index (χ2n) is 1.90. The van der Waals surface area contributed by atoms with Crippen molar-refractivity contribution in [2.45, 2.75) is 0 Å². The van der Waals surface area contributed by atoms with Gasteiger partial charge in [-0.25, -0.2) is 0 Å². The van der Waals surface area contributed by atoms with E-state index in [0.717, 1.165) is 12.2 Å². The Morgan fingerprint density at radius 1 is 1.40 bits per heavy atom. The highest BCUT2D eigenvalue weighted by Crippen LogP contribution is 2.03. The summed E-state index contributed by atoms with van der Waals surface area (Å²) in [5.41, 5.74) is 1.10. The van der Waals surface area contributed by atoms with Gasteiger partial charge >= 0.3 is 0 Å². The van der Waals surface area contributed by atoms with Crippen molar-refractivity contribution in [2.24, 2.45) is 0 Å². The lowest BCUT2D eigenvalue weighted by Crippen LogP contribution is -2.01. The van der Waals surface area contributed by atoms with Crippen molar-refractivity contribution < 1.29 is 0 Å². The quantitative estimate of drug-likeness (QED) is 0.658. The maximum Gasteiger partial charge on any atom is 0.0396 e. The number of nitrogens with one attached hydrogen (secondary N) is 1. The Balaban J connectivity index is 2.43. The van der Waals surface area contributed by atoms with Gasteiger partial charge < -0.3 is 5.32 Å². The molecule has 0 aliphatic rings. The third kappa shape index (κ3) is 2.28. The van der Waals surface area contributed by atoms with Crippen molar-refractivity contribution in [1.29, 1.82) is 0 Å². The van der Waals surface area contributed by atoms with Gasteiger partial charge in [0.2, 0.25) is 0 Å². The molecule has 0 saturated carbocycles. The van der Waals surface area contributed by atoms with E-state index in [2.05, 4.69) is 11.4 Å². The Kier molecular flexibility index (Phi) is 3.10. The molecular formula is C8H9ClN. The summed E-state index contributed by atoms with van der Waals surface area (Å²) < 4.78 is 0. The summed E-state index contributed by atoms with van der Waals surface area (Å²) in [6, 6.07) is 10.6. The molecule has 53 valence electrons. The van der Waals surface area contributed by atoms with Gasteiger partial charge in [0.1, 0.15) is 0 Å². The van der Waals surface area contributed by atoms with Crippen molar-refractivity contribution >= 4 is 17.3 Å². The average molecular weight is 155 g/mol. The Hall–Kier alpha value is -0.690. The van der Waals surface area contributed by atoms with Crippen LogP contribution in [0.2, 0.25) is 0 Å². The van der Waals surface area contributed by atoms with Gasteiger partial charge in [-0.15, -0.1) is 11.6 Å². The number of anilines is 1. The third-order valence-electron chi connectivity index (χ3n) is 1.14. The van der Waals surface area contributed by atoms with Crippen LogP contribution in [0.3, 0.4) is 0 Å². The second kappa shape index (κ2) is 4.18. The molecule has 0 spiro atoms. The van der Waals surface area contributed by atoms with Crippen molar-refractivity contribution in [3.05, 3.63) is 30.3 Å². The molecule has 0 unspecified atom stereocenters. The largest absolute Gasteiger partial charge is 0.384 e. The van der Waals surface area contributed by atoms with E-state index in [1.165, 1.54) is 0 Å². The van der Waals surface area contributed by atoms with Gasteiger partial charge in [0.05, 0.1) is 0 Å². The van der Waals surface area contributed by atoms with E-state index in [-0.39, 0.29) is 0 Å². The van der Waals surface area contributed by atoms with Crippen LogP contribution in [0, 0.1) is 6.07 Å². The molecule has 1 radical (unpaired) electrons. The molecule has 0 heterocycles. The average Bonchev–Trinajstić information content (AvgIpc) is 2.03. The molecular weight excluding hydrogens is 146 g/mol. The highest BCUT2D eigenvalue weighted by atomic mass is 35.5. The minimum absolute atomic E-state index is 0.638. The summed E-state index contributed by atoms with van der Waals surface area (Å²) >= 11 is 5.48. The molecule has 0 fully saturated rings. The summed E-state index contributed by atoms with van der Waals surface area (Å²) in [7, 11) is 0. The van der Waals surface area contributed by atoms with E-state index < -0.39 is 0 Å².